The number of primary amides is 2. The molecular formula is C13H19N3O3. The van der Waals surface area contributed by atoms with Crippen molar-refractivity contribution >= 4 is 12.0 Å². The van der Waals surface area contributed by atoms with Gasteiger partial charge in [0.15, 0.2) is 0 Å². The third-order valence-electron chi connectivity index (χ3n) is 2.89. The lowest BCUT2D eigenvalue weighted by Crippen LogP contribution is -2.32. The van der Waals surface area contributed by atoms with Crippen LogP contribution in [0.2, 0.25) is 0 Å². The van der Waals surface area contributed by atoms with Gasteiger partial charge in [-0.1, -0.05) is 0 Å². The first kappa shape index (κ1) is 15.0. The van der Waals surface area contributed by atoms with E-state index in [0.717, 1.165) is 16.7 Å². The lowest BCUT2D eigenvalue weighted by molar-refractivity contribution is 0.1000. The molecule has 1 rings (SSSR count). The van der Waals surface area contributed by atoms with Crippen LogP contribution in [0.5, 0.6) is 0 Å². The molecular weight excluding hydrogens is 246 g/mol. The van der Waals surface area contributed by atoms with E-state index >= 15 is 0 Å². The van der Waals surface area contributed by atoms with Gasteiger partial charge in [0, 0.05) is 11.6 Å². The second-order valence-corrected chi connectivity index (χ2v) is 4.55. The molecule has 0 aliphatic carbocycles. The summed E-state index contributed by atoms with van der Waals surface area (Å²) in [4.78, 5) is 21.6. The van der Waals surface area contributed by atoms with Crippen LogP contribution in [0.15, 0.2) is 12.1 Å². The predicted molar refractivity (Wildman–Crippen MR) is 71.6 cm³/mol. The van der Waals surface area contributed by atoms with Crippen LogP contribution in [0.4, 0.5) is 4.79 Å². The Labute approximate surface area is 111 Å². The van der Waals surface area contributed by atoms with E-state index in [0.29, 0.717) is 12.0 Å². The van der Waals surface area contributed by atoms with E-state index in [-0.39, 0.29) is 12.6 Å². The highest BCUT2D eigenvalue weighted by Gasteiger charge is 2.13. The molecule has 6 N–H and O–H groups in total. The Balaban J connectivity index is 2.84. The topological polar surface area (TPSA) is 121 Å². The molecule has 0 aliphatic heterocycles. The Hall–Kier alpha value is -2.08. The van der Waals surface area contributed by atoms with Crippen LogP contribution < -0.4 is 17.2 Å². The second kappa shape index (κ2) is 6.19. The summed E-state index contributed by atoms with van der Waals surface area (Å²) in [6, 6.07) is 3.11. The van der Waals surface area contributed by atoms with Gasteiger partial charge in [0.1, 0.15) is 6.61 Å². The third kappa shape index (κ3) is 4.26. The fraction of sp³-hybridized carbons (Fsp3) is 0.385. The molecule has 1 aromatic rings. The zero-order chi connectivity index (χ0) is 14.6. The number of hydrogen-bond acceptors (Lipinski definition) is 4. The highest BCUT2D eigenvalue weighted by atomic mass is 16.5. The standard InChI is InChI=1S/C13H19N3O3/c1-7-3-9(12(15)17)4-8(2)11(7)5-10(14)6-19-13(16)18/h3-4,10H,5-6,14H2,1-2H3,(H2,15,17)(H2,16,18). The fourth-order valence-electron chi connectivity index (χ4n) is 1.97. The van der Waals surface area contributed by atoms with Crippen LogP contribution in [-0.2, 0) is 11.2 Å². The molecule has 0 aromatic heterocycles. The molecule has 6 heteroatoms. The summed E-state index contributed by atoms with van der Waals surface area (Å²) in [5, 5.41) is 0. The molecule has 6 nitrogen and oxygen atoms in total. The SMILES string of the molecule is Cc1cc(C(N)=O)cc(C)c1CC(N)COC(N)=O. The summed E-state index contributed by atoms with van der Waals surface area (Å²) in [7, 11) is 0. The monoisotopic (exact) mass is 265 g/mol. The maximum atomic E-state index is 11.1. The number of benzene rings is 1. The van der Waals surface area contributed by atoms with Gasteiger partial charge in [0.25, 0.3) is 0 Å². The van der Waals surface area contributed by atoms with Gasteiger partial charge in [0.2, 0.25) is 5.91 Å². The van der Waals surface area contributed by atoms with Crippen molar-refractivity contribution in [3.05, 3.63) is 34.4 Å². The van der Waals surface area contributed by atoms with Crippen molar-refractivity contribution in [3.63, 3.8) is 0 Å². The van der Waals surface area contributed by atoms with Gasteiger partial charge in [-0.25, -0.2) is 4.79 Å². The number of hydrogen-bond donors (Lipinski definition) is 3. The first-order valence-corrected chi connectivity index (χ1v) is 5.89. The van der Waals surface area contributed by atoms with E-state index in [2.05, 4.69) is 4.74 Å². The highest BCUT2D eigenvalue weighted by molar-refractivity contribution is 5.93. The number of aryl methyl sites for hydroxylation is 2. The number of rotatable bonds is 5. The summed E-state index contributed by atoms with van der Waals surface area (Å²) >= 11 is 0. The van der Waals surface area contributed by atoms with E-state index in [1.54, 1.807) is 12.1 Å². The third-order valence-corrected chi connectivity index (χ3v) is 2.89. The van der Waals surface area contributed by atoms with Crippen molar-refractivity contribution in [1.82, 2.24) is 0 Å². The summed E-state index contributed by atoms with van der Waals surface area (Å²) in [5.74, 6) is -0.459. The minimum atomic E-state index is -0.840. The highest BCUT2D eigenvalue weighted by Crippen LogP contribution is 2.18. The maximum absolute atomic E-state index is 11.1. The van der Waals surface area contributed by atoms with E-state index in [1.807, 2.05) is 13.8 Å². The molecule has 2 amide bonds. The lowest BCUT2D eigenvalue weighted by atomic mass is 9.94. The Morgan fingerprint density at radius 2 is 1.74 bits per heavy atom. The molecule has 0 saturated carbocycles. The largest absolute Gasteiger partial charge is 0.448 e. The van der Waals surface area contributed by atoms with Crippen LogP contribution in [-0.4, -0.2) is 24.6 Å². The van der Waals surface area contributed by atoms with Gasteiger partial charge >= 0.3 is 6.09 Å². The van der Waals surface area contributed by atoms with Crippen LogP contribution >= 0.6 is 0 Å². The Morgan fingerprint density at radius 3 is 2.16 bits per heavy atom. The zero-order valence-electron chi connectivity index (χ0n) is 11.1. The van der Waals surface area contributed by atoms with Gasteiger partial charge in [-0.2, -0.15) is 0 Å². The molecule has 0 heterocycles. The number of carbonyl (C=O) groups is 2. The van der Waals surface area contributed by atoms with Crippen molar-refractivity contribution < 1.29 is 14.3 Å². The molecule has 1 aromatic carbocycles. The van der Waals surface area contributed by atoms with E-state index in [9.17, 15) is 9.59 Å². The molecule has 0 radical (unpaired) electrons. The van der Waals surface area contributed by atoms with Crippen molar-refractivity contribution in [1.29, 1.82) is 0 Å². The van der Waals surface area contributed by atoms with Crippen LogP contribution in [0, 0.1) is 13.8 Å². The number of amides is 2. The second-order valence-electron chi connectivity index (χ2n) is 4.55. The molecule has 0 saturated heterocycles. The fourth-order valence-corrected chi connectivity index (χ4v) is 1.97. The molecule has 0 fully saturated rings. The Kier molecular flexibility index (Phi) is 4.88. The van der Waals surface area contributed by atoms with Gasteiger partial charge < -0.3 is 21.9 Å². The molecule has 1 unspecified atom stereocenters. The Bertz CT molecular complexity index is 477. The summed E-state index contributed by atoms with van der Waals surface area (Å²) in [6.07, 6.45) is -0.308. The quantitative estimate of drug-likeness (QED) is 0.711. The van der Waals surface area contributed by atoms with Crippen molar-refractivity contribution in [2.45, 2.75) is 26.3 Å². The van der Waals surface area contributed by atoms with E-state index in [1.165, 1.54) is 0 Å². The lowest BCUT2D eigenvalue weighted by Gasteiger charge is -2.16. The van der Waals surface area contributed by atoms with Gasteiger partial charge in [-0.3, -0.25) is 4.79 Å². The average molecular weight is 265 g/mol. The predicted octanol–water partition coefficient (Wildman–Crippen LogP) is 0.367. The average Bonchev–Trinajstić information content (AvgIpc) is 2.30. The molecule has 0 bridgehead atoms. The molecule has 0 spiro atoms. The van der Waals surface area contributed by atoms with Crippen molar-refractivity contribution in [3.8, 4) is 0 Å². The van der Waals surface area contributed by atoms with Crippen molar-refractivity contribution in [2.75, 3.05) is 6.61 Å². The van der Waals surface area contributed by atoms with Crippen molar-refractivity contribution in [2.24, 2.45) is 17.2 Å². The van der Waals surface area contributed by atoms with Crippen LogP contribution in [0.25, 0.3) is 0 Å². The maximum Gasteiger partial charge on any atom is 0.404 e. The van der Waals surface area contributed by atoms with E-state index < -0.39 is 12.0 Å². The Morgan fingerprint density at radius 1 is 1.21 bits per heavy atom. The first-order valence-electron chi connectivity index (χ1n) is 5.89. The molecule has 104 valence electrons. The van der Waals surface area contributed by atoms with Gasteiger partial charge in [-0.15, -0.1) is 0 Å². The smallest absolute Gasteiger partial charge is 0.404 e. The van der Waals surface area contributed by atoms with Crippen LogP contribution in [0.1, 0.15) is 27.0 Å². The molecule has 0 aliphatic rings. The van der Waals surface area contributed by atoms with E-state index in [4.69, 9.17) is 17.2 Å². The van der Waals surface area contributed by atoms with Crippen LogP contribution in [0.3, 0.4) is 0 Å². The van der Waals surface area contributed by atoms with Gasteiger partial charge in [0.05, 0.1) is 0 Å². The van der Waals surface area contributed by atoms with Gasteiger partial charge in [-0.05, 0) is 49.1 Å². The minimum absolute atomic E-state index is 0.0613. The summed E-state index contributed by atoms with van der Waals surface area (Å²) < 4.78 is 4.66. The molecule has 1 atom stereocenters. The number of ether oxygens (including phenoxy) is 1. The first-order chi connectivity index (χ1) is 8.81. The molecule has 19 heavy (non-hydrogen) atoms. The number of carbonyl (C=O) groups excluding carboxylic acids is 2. The minimum Gasteiger partial charge on any atom is -0.448 e. The zero-order valence-corrected chi connectivity index (χ0v) is 11.1. The summed E-state index contributed by atoms with van der Waals surface area (Å²) in [5.41, 5.74) is 19.4. The summed E-state index contributed by atoms with van der Waals surface area (Å²) in [6.45, 7) is 3.83. The number of nitrogens with two attached hydrogens (primary N) is 3. The normalized spacial score (nSPS) is 11.9.